The molecule has 1 aliphatic rings. The lowest BCUT2D eigenvalue weighted by atomic mass is 9.89. The lowest BCUT2D eigenvalue weighted by molar-refractivity contribution is -0.141. The number of ether oxygens (including phenoxy) is 1. The van der Waals surface area contributed by atoms with Crippen LogP contribution >= 0.6 is 0 Å². The molecular weight excluding hydrogens is 260 g/mol. The van der Waals surface area contributed by atoms with Crippen molar-refractivity contribution >= 4 is 5.97 Å². The van der Waals surface area contributed by atoms with Crippen LogP contribution in [0.1, 0.15) is 36.3 Å². The molecule has 0 amide bonds. The molecule has 2 aromatic carbocycles. The van der Waals surface area contributed by atoms with E-state index < -0.39 is 0 Å². The second-order valence-corrected chi connectivity index (χ2v) is 5.63. The van der Waals surface area contributed by atoms with Crippen molar-refractivity contribution in [2.24, 2.45) is 0 Å². The second-order valence-electron chi connectivity index (χ2n) is 5.63. The van der Waals surface area contributed by atoms with E-state index >= 15 is 0 Å². The number of benzene rings is 2. The number of esters is 1. The number of aryl methyl sites for hydroxylation is 1. The van der Waals surface area contributed by atoms with Crippen molar-refractivity contribution in [3.05, 3.63) is 71.8 Å². The summed E-state index contributed by atoms with van der Waals surface area (Å²) in [6.07, 6.45) is 3.56. The maximum Gasteiger partial charge on any atom is 0.306 e. The number of carbonyl (C=O) groups is 1. The summed E-state index contributed by atoms with van der Waals surface area (Å²) in [4.78, 5) is 11.6. The van der Waals surface area contributed by atoms with Crippen molar-refractivity contribution < 1.29 is 9.53 Å². The number of cyclic esters (lactones) is 1. The lowest BCUT2D eigenvalue weighted by Gasteiger charge is -2.17. The Labute approximate surface area is 125 Å². The fourth-order valence-corrected chi connectivity index (χ4v) is 3.05. The van der Waals surface area contributed by atoms with Crippen LogP contribution in [0.15, 0.2) is 60.7 Å². The summed E-state index contributed by atoms with van der Waals surface area (Å²) in [6.45, 7) is 0. The van der Waals surface area contributed by atoms with Crippen LogP contribution in [0.25, 0.3) is 0 Å². The molecule has 0 N–H and O–H groups in total. The van der Waals surface area contributed by atoms with Gasteiger partial charge in [0.25, 0.3) is 0 Å². The number of hydrogen-bond donors (Lipinski definition) is 0. The molecule has 108 valence electrons. The highest BCUT2D eigenvalue weighted by atomic mass is 16.5. The van der Waals surface area contributed by atoms with E-state index in [0.29, 0.717) is 6.42 Å². The minimum atomic E-state index is -0.0615. The third-order valence-corrected chi connectivity index (χ3v) is 4.14. The van der Waals surface area contributed by atoms with Gasteiger partial charge in [0.2, 0.25) is 0 Å². The molecule has 2 nitrogen and oxygen atoms in total. The molecule has 3 rings (SSSR count). The van der Waals surface area contributed by atoms with Gasteiger partial charge in [-0.2, -0.15) is 0 Å². The summed E-state index contributed by atoms with van der Waals surface area (Å²) >= 11 is 0. The number of carbonyl (C=O) groups excluding carboxylic acids is 1. The Kier molecular flexibility index (Phi) is 4.34. The standard InChI is InChI=1S/C19H20O2/c20-19-14-17(16-11-5-2-6-12-16)18(21-19)13-7-10-15-8-3-1-4-9-15/h1-6,8-9,11-12,17-18H,7,10,13-14H2/t17-,18-/m1/s1. The Morgan fingerprint density at radius 2 is 1.62 bits per heavy atom. The molecule has 0 radical (unpaired) electrons. The monoisotopic (exact) mass is 280 g/mol. The first-order chi connectivity index (χ1) is 10.3. The largest absolute Gasteiger partial charge is 0.462 e. The molecule has 0 bridgehead atoms. The van der Waals surface area contributed by atoms with Gasteiger partial charge in [-0.05, 0) is 30.4 Å². The topological polar surface area (TPSA) is 26.3 Å². The summed E-state index contributed by atoms with van der Waals surface area (Å²) in [5.41, 5.74) is 2.56. The maximum atomic E-state index is 11.6. The van der Waals surface area contributed by atoms with E-state index in [4.69, 9.17) is 4.74 Å². The van der Waals surface area contributed by atoms with Crippen LogP contribution in [-0.4, -0.2) is 12.1 Å². The van der Waals surface area contributed by atoms with E-state index in [1.54, 1.807) is 0 Å². The highest BCUT2D eigenvalue weighted by molar-refractivity contribution is 5.73. The average molecular weight is 280 g/mol. The van der Waals surface area contributed by atoms with Crippen molar-refractivity contribution in [2.75, 3.05) is 0 Å². The zero-order valence-electron chi connectivity index (χ0n) is 12.1. The first-order valence-electron chi connectivity index (χ1n) is 7.61. The third kappa shape index (κ3) is 3.52. The van der Waals surface area contributed by atoms with Gasteiger partial charge >= 0.3 is 5.97 Å². The first-order valence-corrected chi connectivity index (χ1v) is 7.61. The van der Waals surface area contributed by atoms with Crippen molar-refractivity contribution in [1.82, 2.24) is 0 Å². The van der Waals surface area contributed by atoms with Crippen LogP contribution in [0, 0.1) is 0 Å². The molecule has 0 unspecified atom stereocenters. The van der Waals surface area contributed by atoms with E-state index in [9.17, 15) is 4.79 Å². The predicted molar refractivity (Wildman–Crippen MR) is 83.1 cm³/mol. The smallest absolute Gasteiger partial charge is 0.306 e. The molecule has 0 spiro atoms. The van der Waals surface area contributed by atoms with E-state index in [1.807, 2.05) is 24.3 Å². The molecule has 2 aromatic rings. The van der Waals surface area contributed by atoms with E-state index in [-0.39, 0.29) is 18.0 Å². The van der Waals surface area contributed by atoms with Gasteiger partial charge in [0.15, 0.2) is 0 Å². The van der Waals surface area contributed by atoms with Crippen LogP contribution in [-0.2, 0) is 16.0 Å². The van der Waals surface area contributed by atoms with E-state index in [2.05, 4.69) is 36.4 Å². The van der Waals surface area contributed by atoms with Crippen LogP contribution in [0.2, 0.25) is 0 Å². The van der Waals surface area contributed by atoms with Crippen molar-refractivity contribution in [2.45, 2.75) is 37.7 Å². The van der Waals surface area contributed by atoms with Crippen LogP contribution in [0.4, 0.5) is 0 Å². The molecular formula is C19H20O2. The van der Waals surface area contributed by atoms with Crippen molar-refractivity contribution in [1.29, 1.82) is 0 Å². The average Bonchev–Trinajstić information content (AvgIpc) is 2.90. The molecule has 0 saturated carbocycles. The van der Waals surface area contributed by atoms with E-state index in [1.165, 1.54) is 11.1 Å². The molecule has 21 heavy (non-hydrogen) atoms. The highest BCUT2D eigenvalue weighted by Gasteiger charge is 2.35. The summed E-state index contributed by atoms with van der Waals surface area (Å²) in [6, 6.07) is 20.7. The SMILES string of the molecule is O=C1C[C@H](c2ccccc2)[C@@H](CCCc2ccccc2)O1. The summed E-state index contributed by atoms with van der Waals surface area (Å²) in [5, 5.41) is 0. The Morgan fingerprint density at radius 3 is 2.33 bits per heavy atom. The molecule has 2 atom stereocenters. The normalized spacial score (nSPS) is 21.2. The summed E-state index contributed by atoms with van der Waals surface area (Å²) in [7, 11) is 0. The molecule has 1 heterocycles. The quantitative estimate of drug-likeness (QED) is 0.770. The molecule has 2 heteroatoms. The van der Waals surface area contributed by atoms with Gasteiger partial charge in [0, 0.05) is 5.92 Å². The number of hydrogen-bond acceptors (Lipinski definition) is 2. The van der Waals surface area contributed by atoms with Crippen molar-refractivity contribution in [3.8, 4) is 0 Å². The lowest BCUT2D eigenvalue weighted by Crippen LogP contribution is -2.14. The zero-order chi connectivity index (χ0) is 14.5. The third-order valence-electron chi connectivity index (χ3n) is 4.14. The van der Waals surface area contributed by atoms with Gasteiger partial charge in [0.05, 0.1) is 6.42 Å². The van der Waals surface area contributed by atoms with Gasteiger partial charge in [-0.25, -0.2) is 0 Å². The van der Waals surface area contributed by atoms with Gasteiger partial charge in [-0.3, -0.25) is 4.79 Å². The molecule has 0 aromatic heterocycles. The van der Waals surface area contributed by atoms with Gasteiger partial charge in [-0.15, -0.1) is 0 Å². The highest BCUT2D eigenvalue weighted by Crippen LogP contribution is 2.34. The summed E-state index contributed by atoms with van der Waals surface area (Å²) < 4.78 is 5.53. The van der Waals surface area contributed by atoms with Crippen LogP contribution < -0.4 is 0 Å². The fraction of sp³-hybridized carbons (Fsp3) is 0.316. The van der Waals surface area contributed by atoms with E-state index in [0.717, 1.165) is 19.3 Å². The summed E-state index contributed by atoms with van der Waals surface area (Å²) in [5.74, 6) is 0.156. The van der Waals surface area contributed by atoms with Crippen LogP contribution in [0.5, 0.6) is 0 Å². The van der Waals surface area contributed by atoms with Crippen molar-refractivity contribution in [3.63, 3.8) is 0 Å². The number of rotatable bonds is 5. The Bertz CT molecular complexity index is 577. The molecule has 1 aliphatic heterocycles. The second kappa shape index (κ2) is 6.57. The minimum Gasteiger partial charge on any atom is -0.462 e. The maximum absolute atomic E-state index is 11.6. The molecule has 1 saturated heterocycles. The Morgan fingerprint density at radius 1 is 0.952 bits per heavy atom. The molecule has 1 fully saturated rings. The zero-order valence-corrected chi connectivity index (χ0v) is 12.1. The van der Waals surface area contributed by atoms with Gasteiger partial charge < -0.3 is 4.74 Å². The van der Waals surface area contributed by atoms with Gasteiger partial charge in [-0.1, -0.05) is 60.7 Å². The fourth-order valence-electron chi connectivity index (χ4n) is 3.05. The minimum absolute atomic E-state index is 0.0311. The molecule has 0 aliphatic carbocycles. The first kappa shape index (κ1) is 13.9. The van der Waals surface area contributed by atoms with Gasteiger partial charge in [0.1, 0.15) is 6.10 Å². The van der Waals surface area contributed by atoms with Crippen LogP contribution in [0.3, 0.4) is 0 Å². The predicted octanol–water partition coefficient (Wildman–Crippen LogP) is 4.11. The Hall–Kier alpha value is -2.09. The Balaban J connectivity index is 1.60.